The Kier molecular flexibility index (Phi) is 5.46. The summed E-state index contributed by atoms with van der Waals surface area (Å²) in [4.78, 5) is 17.9. The lowest BCUT2D eigenvalue weighted by atomic mass is 10.1. The van der Waals surface area contributed by atoms with Crippen molar-refractivity contribution in [1.29, 1.82) is 0 Å². The number of nitrogens with zero attached hydrogens (tertiary/aromatic N) is 2. The first-order valence-corrected chi connectivity index (χ1v) is 8.42. The Bertz CT molecular complexity index is 768. The van der Waals surface area contributed by atoms with Gasteiger partial charge in [-0.3, -0.25) is 9.78 Å². The zero-order chi connectivity index (χ0) is 18.7. The number of alkyl halides is 2. The van der Waals surface area contributed by atoms with Crippen molar-refractivity contribution in [3.8, 4) is 5.75 Å². The number of pyridine rings is 1. The van der Waals surface area contributed by atoms with Gasteiger partial charge in [0.2, 0.25) is 5.91 Å². The normalized spacial score (nSPS) is 18.4. The fraction of sp³-hybridized carbons (Fsp3) is 0.368. The molecule has 3 rings (SSSR count). The number of carbonyl (C=O) groups excluding carboxylic acids is 1. The van der Waals surface area contributed by atoms with Crippen molar-refractivity contribution < 1.29 is 18.3 Å². The molecule has 1 saturated heterocycles. The molecule has 0 radical (unpaired) electrons. The van der Waals surface area contributed by atoms with Crippen molar-refractivity contribution in [2.24, 2.45) is 0 Å². The van der Waals surface area contributed by atoms with Gasteiger partial charge in [0, 0.05) is 43.0 Å². The molecule has 0 aliphatic carbocycles. The van der Waals surface area contributed by atoms with E-state index in [1.807, 2.05) is 31.2 Å². The zero-order valence-electron chi connectivity index (χ0n) is 14.7. The van der Waals surface area contributed by atoms with E-state index in [9.17, 15) is 13.6 Å². The second kappa shape index (κ2) is 7.78. The lowest BCUT2D eigenvalue weighted by Gasteiger charge is -2.21. The molecule has 1 aromatic carbocycles. The number of amides is 1. The molecule has 2 unspecified atom stereocenters. The van der Waals surface area contributed by atoms with Crippen LogP contribution in [0.3, 0.4) is 0 Å². The van der Waals surface area contributed by atoms with Crippen LogP contribution in [0.15, 0.2) is 42.6 Å². The smallest absolute Gasteiger partial charge is 0.280 e. The molecule has 7 heteroatoms. The number of ether oxygens (including phenoxy) is 1. The maximum Gasteiger partial charge on any atom is 0.280 e. The highest BCUT2D eigenvalue weighted by Crippen LogP contribution is 2.26. The average molecular weight is 361 g/mol. The predicted molar refractivity (Wildman–Crippen MR) is 94.5 cm³/mol. The average Bonchev–Trinajstić information content (AvgIpc) is 3.02. The predicted octanol–water partition coefficient (Wildman–Crippen LogP) is 3.48. The quantitative estimate of drug-likeness (QED) is 0.856. The monoisotopic (exact) mass is 361 g/mol. The van der Waals surface area contributed by atoms with E-state index in [2.05, 4.69) is 10.3 Å². The molecule has 0 saturated carbocycles. The molecule has 2 aromatic rings. The molecule has 2 heterocycles. The minimum absolute atomic E-state index is 0.0292. The highest BCUT2D eigenvalue weighted by Gasteiger charge is 2.31. The van der Waals surface area contributed by atoms with Gasteiger partial charge in [0.05, 0.1) is 7.11 Å². The van der Waals surface area contributed by atoms with Crippen LogP contribution in [-0.4, -0.2) is 30.6 Å². The van der Waals surface area contributed by atoms with Crippen molar-refractivity contribution in [2.45, 2.75) is 31.9 Å². The lowest BCUT2D eigenvalue weighted by molar-refractivity contribution is -0.117. The van der Waals surface area contributed by atoms with Crippen LogP contribution >= 0.6 is 0 Å². The Morgan fingerprint density at radius 1 is 1.31 bits per heavy atom. The summed E-state index contributed by atoms with van der Waals surface area (Å²) in [5.74, 6) is 0.736. The Labute approximate surface area is 151 Å². The minimum atomic E-state index is -2.57. The molecule has 1 aromatic heterocycles. The Hall–Kier alpha value is -2.54. The summed E-state index contributed by atoms with van der Waals surface area (Å²) in [7, 11) is 1.59. The number of hydrogen-bond acceptors (Lipinski definition) is 4. The molecule has 1 fully saturated rings. The molecule has 0 bridgehead atoms. The van der Waals surface area contributed by atoms with Crippen LogP contribution in [0.2, 0.25) is 0 Å². The van der Waals surface area contributed by atoms with E-state index in [1.165, 1.54) is 12.3 Å². The number of anilines is 1. The third-order valence-electron chi connectivity index (χ3n) is 4.51. The van der Waals surface area contributed by atoms with Gasteiger partial charge in [0.15, 0.2) is 0 Å². The van der Waals surface area contributed by atoms with E-state index in [0.29, 0.717) is 18.7 Å². The summed E-state index contributed by atoms with van der Waals surface area (Å²) < 4.78 is 30.4. The van der Waals surface area contributed by atoms with Gasteiger partial charge >= 0.3 is 0 Å². The van der Waals surface area contributed by atoms with Gasteiger partial charge in [-0.2, -0.15) is 0 Å². The van der Waals surface area contributed by atoms with Crippen LogP contribution in [0.5, 0.6) is 5.75 Å². The second-order valence-corrected chi connectivity index (χ2v) is 6.31. The lowest BCUT2D eigenvalue weighted by Crippen LogP contribution is -2.34. The molecule has 5 nitrogen and oxygen atoms in total. The first kappa shape index (κ1) is 18.3. The van der Waals surface area contributed by atoms with Gasteiger partial charge in [0.1, 0.15) is 11.4 Å². The van der Waals surface area contributed by atoms with Crippen LogP contribution in [0, 0.1) is 0 Å². The van der Waals surface area contributed by atoms with E-state index in [0.717, 1.165) is 11.3 Å². The third-order valence-corrected chi connectivity index (χ3v) is 4.51. The summed E-state index contributed by atoms with van der Waals surface area (Å²) in [5, 5.41) is 3.38. The topological polar surface area (TPSA) is 54.5 Å². The molecule has 1 amide bonds. The molecular formula is C19H21F2N3O2. The SMILES string of the molecule is COc1cccc(N2CC(NC(C)c3ccc(C(F)F)nc3)CC2=O)c1. The van der Waals surface area contributed by atoms with Gasteiger partial charge in [-0.25, -0.2) is 8.78 Å². The maximum atomic E-state index is 12.6. The van der Waals surface area contributed by atoms with E-state index in [-0.39, 0.29) is 23.7 Å². The molecule has 138 valence electrons. The van der Waals surface area contributed by atoms with Gasteiger partial charge < -0.3 is 15.0 Å². The van der Waals surface area contributed by atoms with Crippen molar-refractivity contribution in [2.75, 3.05) is 18.6 Å². The van der Waals surface area contributed by atoms with Crippen LogP contribution < -0.4 is 15.0 Å². The van der Waals surface area contributed by atoms with Crippen molar-refractivity contribution in [3.63, 3.8) is 0 Å². The van der Waals surface area contributed by atoms with Crippen molar-refractivity contribution in [3.05, 3.63) is 53.9 Å². The third kappa shape index (κ3) is 3.99. The highest BCUT2D eigenvalue weighted by atomic mass is 19.3. The molecule has 0 spiro atoms. The number of carbonyl (C=O) groups is 1. The maximum absolute atomic E-state index is 12.6. The van der Waals surface area contributed by atoms with Crippen LogP contribution in [0.4, 0.5) is 14.5 Å². The Morgan fingerprint density at radius 2 is 2.12 bits per heavy atom. The van der Waals surface area contributed by atoms with Crippen LogP contribution in [0.1, 0.15) is 37.1 Å². The highest BCUT2D eigenvalue weighted by molar-refractivity contribution is 5.96. The second-order valence-electron chi connectivity index (χ2n) is 6.31. The largest absolute Gasteiger partial charge is 0.497 e. The van der Waals surface area contributed by atoms with E-state index < -0.39 is 6.43 Å². The van der Waals surface area contributed by atoms with Crippen molar-refractivity contribution in [1.82, 2.24) is 10.3 Å². The van der Waals surface area contributed by atoms with E-state index >= 15 is 0 Å². The Morgan fingerprint density at radius 3 is 2.77 bits per heavy atom. The number of hydrogen-bond donors (Lipinski definition) is 1. The Balaban J connectivity index is 1.65. The number of halogens is 2. The summed E-state index contributed by atoms with van der Waals surface area (Å²) in [6.45, 7) is 2.47. The number of benzene rings is 1. The first-order valence-electron chi connectivity index (χ1n) is 8.42. The van der Waals surface area contributed by atoms with Gasteiger partial charge in [-0.15, -0.1) is 0 Å². The summed E-state index contributed by atoms with van der Waals surface area (Å²) in [6.07, 6.45) is -0.740. The van der Waals surface area contributed by atoms with Gasteiger partial charge in [0.25, 0.3) is 6.43 Å². The molecule has 26 heavy (non-hydrogen) atoms. The summed E-state index contributed by atoms with van der Waals surface area (Å²) in [5.41, 5.74) is 1.37. The molecular weight excluding hydrogens is 340 g/mol. The molecule has 2 atom stereocenters. The standard InChI is InChI=1S/C19H21F2N3O2/c1-12(13-6-7-17(19(20)21)22-10-13)23-14-8-18(25)24(11-14)15-4-3-5-16(9-15)26-2/h3-7,9-10,12,14,19,23H,8,11H2,1-2H3. The number of methoxy groups -OCH3 is 1. The fourth-order valence-electron chi connectivity index (χ4n) is 3.10. The van der Waals surface area contributed by atoms with E-state index in [1.54, 1.807) is 18.1 Å². The summed E-state index contributed by atoms with van der Waals surface area (Å²) in [6, 6.07) is 10.2. The molecule has 1 aliphatic heterocycles. The fourth-order valence-corrected chi connectivity index (χ4v) is 3.10. The van der Waals surface area contributed by atoms with E-state index in [4.69, 9.17) is 4.74 Å². The zero-order valence-corrected chi connectivity index (χ0v) is 14.7. The number of rotatable bonds is 6. The van der Waals surface area contributed by atoms with Gasteiger partial charge in [-0.05, 0) is 30.7 Å². The minimum Gasteiger partial charge on any atom is -0.497 e. The number of nitrogens with one attached hydrogen (secondary N) is 1. The first-order chi connectivity index (χ1) is 12.5. The molecule has 1 N–H and O–H groups in total. The number of aromatic nitrogens is 1. The van der Waals surface area contributed by atoms with Crippen LogP contribution in [0.25, 0.3) is 0 Å². The van der Waals surface area contributed by atoms with Gasteiger partial charge in [-0.1, -0.05) is 12.1 Å². The molecule has 1 aliphatic rings. The summed E-state index contributed by atoms with van der Waals surface area (Å²) >= 11 is 0. The van der Waals surface area contributed by atoms with Crippen molar-refractivity contribution >= 4 is 11.6 Å². The van der Waals surface area contributed by atoms with Crippen LogP contribution in [-0.2, 0) is 4.79 Å².